The minimum Gasteiger partial charge on any atom is -0.317 e. The van der Waals surface area contributed by atoms with Gasteiger partial charge in [0.25, 0.3) is 0 Å². The second kappa shape index (κ2) is 5.65. The van der Waals surface area contributed by atoms with E-state index in [9.17, 15) is 4.79 Å². The van der Waals surface area contributed by atoms with Crippen molar-refractivity contribution in [1.29, 1.82) is 0 Å². The minimum atomic E-state index is 0. The van der Waals surface area contributed by atoms with Crippen molar-refractivity contribution in [2.75, 3.05) is 24.5 Å². The molecule has 104 valence electrons. The Kier molecular flexibility index (Phi) is 4.33. The summed E-state index contributed by atoms with van der Waals surface area (Å²) in [5, 5.41) is 3.95. The van der Waals surface area contributed by atoms with Crippen molar-refractivity contribution in [3.8, 4) is 0 Å². The number of carbonyl (C=O) groups excluding carboxylic acids is 1. The Morgan fingerprint density at radius 3 is 2.68 bits per heavy atom. The zero-order valence-corrected chi connectivity index (χ0v) is 12.1. The van der Waals surface area contributed by atoms with Gasteiger partial charge >= 0.3 is 0 Å². The molecule has 2 fully saturated rings. The fourth-order valence-corrected chi connectivity index (χ4v) is 3.04. The van der Waals surface area contributed by atoms with Crippen LogP contribution in [0.25, 0.3) is 0 Å². The third-order valence-corrected chi connectivity index (χ3v) is 4.20. The van der Waals surface area contributed by atoms with Crippen LogP contribution in [-0.4, -0.2) is 30.5 Å². The average Bonchev–Trinajstić information content (AvgIpc) is 2.68. The van der Waals surface area contributed by atoms with E-state index in [-0.39, 0.29) is 23.7 Å². The van der Waals surface area contributed by atoms with Gasteiger partial charge in [-0.3, -0.25) is 9.69 Å². The summed E-state index contributed by atoms with van der Waals surface area (Å²) in [5.41, 5.74) is 0.156. The lowest BCUT2D eigenvalue weighted by Crippen LogP contribution is -2.38. The molecule has 0 bridgehead atoms. The molecule has 1 N–H and O–H groups in total. The number of amides is 1. The molecule has 3 heterocycles. The number of hydrogen-bond donors (Lipinski definition) is 1. The van der Waals surface area contributed by atoms with E-state index in [1.165, 1.54) is 0 Å². The third kappa shape index (κ3) is 2.86. The lowest BCUT2D eigenvalue weighted by Gasteiger charge is -2.32. The second-order valence-electron chi connectivity index (χ2n) is 5.24. The van der Waals surface area contributed by atoms with E-state index in [4.69, 9.17) is 11.6 Å². The molecular weight excluding hydrogens is 285 g/mol. The molecule has 0 saturated carbocycles. The van der Waals surface area contributed by atoms with Gasteiger partial charge in [-0.15, -0.1) is 12.4 Å². The van der Waals surface area contributed by atoms with E-state index < -0.39 is 0 Å². The molecule has 2 aliphatic rings. The van der Waals surface area contributed by atoms with Crippen LogP contribution in [0.5, 0.6) is 0 Å². The number of carbonyl (C=O) groups is 1. The maximum Gasteiger partial charge on any atom is 0.228 e. The molecule has 1 aromatic heterocycles. The molecule has 2 aliphatic heterocycles. The molecule has 0 unspecified atom stereocenters. The van der Waals surface area contributed by atoms with E-state index in [0.717, 1.165) is 38.3 Å². The van der Waals surface area contributed by atoms with Crippen LogP contribution >= 0.6 is 24.0 Å². The predicted molar refractivity (Wildman–Crippen MR) is 78.0 cm³/mol. The van der Waals surface area contributed by atoms with Crippen LogP contribution < -0.4 is 10.2 Å². The van der Waals surface area contributed by atoms with Crippen LogP contribution in [0, 0.1) is 5.41 Å². The Hall–Kier alpha value is -0.840. The van der Waals surface area contributed by atoms with E-state index in [0.29, 0.717) is 11.4 Å². The van der Waals surface area contributed by atoms with Crippen molar-refractivity contribution >= 4 is 35.7 Å². The normalized spacial score (nSPS) is 21.5. The van der Waals surface area contributed by atoms with Gasteiger partial charge in [-0.2, -0.15) is 0 Å². The van der Waals surface area contributed by atoms with Gasteiger partial charge in [-0.05, 0) is 43.5 Å². The first-order valence-electron chi connectivity index (χ1n) is 6.31. The summed E-state index contributed by atoms with van der Waals surface area (Å²) in [7, 11) is 0. The van der Waals surface area contributed by atoms with Gasteiger partial charge in [0.1, 0.15) is 5.82 Å². The molecule has 1 spiro atoms. The third-order valence-electron chi connectivity index (χ3n) is 3.97. The highest BCUT2D eigenvalue weighted by Gasteiger charge is 2.44. The molecule has 0 aromatic carbocycles. The van der Waals surface area contributed by atoms with Gasteiger partial charge in [0.2, 0.25) is 5.91 Å². The Balaban J connectivity index is 0.00000133. The fraction of sp³-hybridized carbons (Fsp3) is 0.538. The summed E-state index contributed by atoms with van der Waals surface area (Å²) >= 11 is 5.82. The molecule has 4 nitrogen and oxygen atoms in total. The van der Waals surface area contributed by atoms with Crippen LogP contribution in [0.3, 0.4) is 0 Å². The maximum atomic E-state index is 12.2. The van der Waals surface area contributed by atoms with Crippen molar-refractivity contribution < 1.29 is 4.79 Å². The van der Waals surface area contributed by atoms with Crippen LogP contribution in [0.15, 0.2) is 18.3 Å². The zero-order valence-electron chi connectivity index (χ0n) is 10.6. The summed E-state index contributed by atoms with van der Waals surface area (Å²) in [6.45, 7) is 2.81. The van der Waals surface area contributed by atoms with Crippen LogP contribution in [0.4, 0.5) is 5.82 Å². The number of hydrogen-bond acceptors (Lipinski definition) is 3. The fourth-order valence-electron chi connectivity index (χ4n) is 2.92. The largest absolute Gasteiger partial charge is 0.317 e. The highest BCUT2D eigenvalue weighted by Crippen LogP contribution is 2.40. The van der Waals surface area contributed by atoms with Crippen LogP contribution in [0.2, 0.25) is 5.02 Å². The number of anilines is 1. The Labute approximate surface area is 123 Å². The molecule has 0 atom stereocenters. The van der Waals surface area contributed by atoms with Gasteiger partial charge in [0.15, 0.2) is 0 Å². The molecular formula is C13H17Cl2N3O. The lowest BCUT2D eigenvalue weighted by molar-refractivity contribution is -0.118. The topological polar surface area (TPSA) is 45.2 Å². The van der Waals surface area contributed by atoms with Crippen molar-refractivity contribution in [3.05, 3.63) is 23.4 Å². The predicted octanol–water partition coefficient (Wildman–Crippen LogP) is 2.26. The van der Waals surface area contributed by atoms with Gasteiger partial charge in [0, 0.05) is 19.2 Å². The van der Waals surface area contributed by atoms with Crippen LogP contribution in [-0.2, 0) is 4.79 Å². The first-order valence-corrected chi connectivity index (χ1v) is 6.69. The summed E-state index contributed by atoms with van der Waals surface area (Å²) in [6, 6.07) is 3.60. The summed E-state index contributed by atoms with van der Waals surface area (Å²) in [6.07, 6.45) is 4.39. The Morgan fingerprint density at radius 2 is 2.05 bits per heavy atom. The number of halogens is 2. The summed E-state index contributed by atoms with van der Waals surface area (Å²) < 4.78 is 0. The number of nitrogens with one attached hydrogen (secondary N) is 1. The monoisotopic (exact) mass is 301 g/mol. The zero-order chi connectivity index (χ0) is 12.6. The van der Waals surface area contributed by atoms with Crippen molar-refractivity contribution in [2.45, 2.75) is 19.3 Å². The van der Waals surface area contributed by atoms with Crippen molar-refractivity contribution in [1.82, 2.24) is 10.3 Å². The van der Waals surface area contributed by atoms with Crippen molar-refractivity contribution in [2.24, 2.45) is 5.41 Å². The first kappa shape index (κ1) is 14.6. The van der Waals surface area contributed by atoms with Gasteiger partial charge in [-0.25, -0.2) is 4.98 Å². The van der Waals surface area contributed by atoms with Gasteiger partial charge in [0.05, 0.1) is 5.02 Å². The number of pyridine rings is 1. The molecule has 19 heavy (non-hydrogen) atoms. The second-order valence-corrected chi connectivity index (χ2v) is 5.68. The standard InChI is InChI=1S/C13H16ClN3O.ClH/c14-10-1-2-11(16-8-10)17-9-13(7-12(17)18)3-5-15-6-4-13;/h1-2,8,15H,3-7,9H2;1H. The SMILES string of the molecule is Cl.O=C1CC2(CCNCC2)CN1c1ccc(Cl)cn1. The van der Waals surface area contributed by atoms with Crippen molar-refractivity contribution in [3.63, 3.8) is 0 Å². The molecule has 0 radical (unpaired) electrons. The average molecular weight is 302 g/mol. The Bertz CT molecular complexity index is 457. The number of nitrogens with zero attached hydrogens (tertiary/aromatic N) is 2. The quantitative estimate of drug-likeness (QED) is 0.865. The lowest BCUT2D eigenvalue weighted by atomic mass is 9.78. The van der Waals surface area contributed by atoms with Gasteiger partial charge < -0.3 is 5.32 Å². The maximum absolute atomic E-state index is 12.2. The summed E-state index contributed by atoms with van der Waals surface area (Å²) in [5.74, 6) is 0.909. The van der Waals surface area contributed by atoms with E-state index in [1.807, 2.05) is 11.0 Å². The number of aromatic nitrogens is 1. The van der Waals surface area contributed by atoms with Gasteiger partial charge in [-0.1, -0.05) is 11.6 Å². The highest BCUT2D eigenvalue weighted by atomic mass is 35.5. The molecule has 6 heteroatoms. The summed E-state index contributed by atoms with van der Waals surface area (Å²) in [4.78, 5) is 18.2. The molecule has 0 aliphatic carbocycles. The smallest absolute Gasteiger partial charge is 0.228 e. The minimum absolute atomic E-state index is 0. The highest BCUT2D eigenvalue weighted by molar-refractivity contribution is 6.30. The number of rotatable bonds is 1. The van der Waals surface area contributed by atoms with E-state index in [2.05, 4.69) is 10.3 Å². The van der Waals surface area contributed by atoms with Crippen LogP contribution in [0.1, 0.15) is 19.3 Å². The molecule has 3 rings (SSSR count). The molecule has 1 aromatic rings. The number of piperidine rings is 1. The Morgan fingerprint density at radius 1 is 1.32 bits per heavy atom. The van der Waals surface area contributed by atoms with E-state index >= 15 is 0 Å². The van der Waals surface area contributed by atoms with E-state index in [1.54, 1.807) is 12.3 Å². The molecule has 2 saturated heterocycles. The first-order chi connectivity index (χ1) is 8.69. The molecule has 1 amide bonds.